The Kier molecular flexibility index (Phi) is 8.46. The maximum Gasteiger partial charge on any atom is 0.255 e. The second-order valence-corrected chi connectivity index (χ2v) is 9.84. The van der Waals surface area contributed by atoms with Crippen LogP contribution >= 0.6 is 22.7 Å². The van der Waals surface area contributed by atoms with Crippen molar-refractivity contribution in [3.8, 4) is 21.1 Å². The minimum atomic E-state index is -0.142. The lowest BCUT2D eigenvalue weighted by Crippen LogP contribution is -2.25. The molecular weight excluding hydrogens is 476 g/mol. The number of nitrogens with zero attached hydrogens (tertiary/aromatic N) is 3. The Morgan fingerprint density at radius 1 is 1.06 bits per heavy atom. The summed E-state index contributed by atoms with van der Waals surface area (Å²) >= 11 is 3.07. The van der Waals surface area contributed by atoms with Crippen LogP contribution in [0.4, 0.5) is 16.6 Å². The van der Waals surface area contributed by atoms with Gasteiger partial charge in [-0.2, -0.15) is 0 Å². The summed E-state index contributed by atoms with van der Waals surface area (Å²) in [5.41, 5.74) is 9.32. The van der Waals surface area contributed by atoms with Crippen LogP contribution < -0.4 is 16.4 Å². The Morgan fingerprint density at radius 3 is 2.63 bits per heavy atom. The SMILES string of the molecule is CCN(CC)CCCNc1nc(N)c(-c2nc(-c3cccc(NC(=O)c4ccccc4)c3)cs2)s1. The molecule has 0 saturated carbocycles. The number of carbonyl (C=O) groups is 1. The number of benzene rings is 2. The first kappa shape index (κ1) is 24.8. The molecule has 4 N–H and O–H groups in total. The minimum absolute atomic E-state index is 0.142. The molecule has 2 aromatic carbocycles. The molecule has 35 heavy (non-hydrogen) atoms. The van der Waals surface area contributed by atoms with Crippen LogP contribution in [0.1, 0.15) is 30.6 Å². The van der Waals surface area contributed by atoms with Crippen molar-refractivity contribution in [1.82, 2.24) is 14.9 Å². The molecule has 0 radical (unpaired) electrons. The third kappa shape index (κ3) is 6.45. The van der Waals surface area contributed by atoms with E-state index in [1.807, 2.05) is 47.8 Å². The molecule has 0 saturated heterocycles. The highest BCUT2D eigenvalue weighted by Crippen LogP contribution is 2.38. The van der Waals surface area contributed by atoms with E-state index in [0.29, 0.717) is 11.4 Å². The largest absolute Gasteiger partial charge is 0.382 e. The first-order valence-corrected chi connectivity index (χ1v) is 13.4. The molecule has 2 aromatic heterocycles. The van der Waals surface area contributed by atoms with Crippen LogP contribution in [0.2, 0.25) is 0 Å². The monoisotopic (exact) mass is 506 g/mol. The normalized spacial score (nSPS) is 11.1. The average molecular weight is 507 g/mol. The molecule has 0 bridgehead atoms. The van der Waals surface area contributed by atoms with Gasteiger partial charge in [-0.05, 0) is 50.3 Å². The molecule has 0 spiro atoms. The van der Waals surface area contributed by atoms with Gasteiger partial charge in [0.25, 0.3) is 5.91 Å². The van der Waals surface area contributed by atoms with E-state index in [2.05, 4.69) is 34.4 Å². The molecule has 182 valence electrons. The lowest BCUT2D eigenvalue weighted by molar-refractivity contribution is 0.102. The van der Waals surface area contributed by atoms with Gasteiger partial charge < -0.3 is 21.3 Å². The highest BCUT2D eigenvalue weighted by molar-refractivity contribution is 7.23. The van der Waals surface area contributed by atoms with Crippen LogP contribution in [-0.4, -0.2) is 47.0 Å². The maximum atomic E-state index is 12.5. The number of carbonyl (C=O) groups excluding carboxylic acids is 1. The van der Waals surface area contributed by atoms with E-state index in [1.54, 1.807) is 12.1 Å². The van der Waals surface area contributed by atoms with Crippen molar-refractivity contribution in [2.24, 2.45) is 0 Å². The number of thiazole rings is 2. The Morgan fingerprint density at radius 2 is 1.86 bits per heavy atom. The van der Waals surface area contributed by atoms with Gasteiger partial charge in [0.2, 0.25) is 0 Å². The third-order valence-electron chi connectivity index (χ3n) is 5.63. The van der Waals surface area contributed by atoms with Crippen molar-refractivity contribution >= 4 is 45.2 Å². The molecule has 4 aromatic rings. The number of aromatic nitrogens is 2. The van der Waals surface area contributed by atoms with Crippen molar-refractivity contribution in [2.75, 3.05) is 42.5 Å². The molecule has 0 aliphatic rings. The second-order valence-electron chi connectivity index (χ2n) is 7.98. The third-order valence-corrected chi connectivity index (χ3v) is 7.65. The van der Waals surface area contributed by atoms with Gasteiger partial charge in [0.15, 0.2) is 5.13 Å². The van der Waals surface area contributed by atoms with E-state index in [1.165, 1.54) is 22.7 Å². The number of nitrogens with two attached hydrogens (primary N) is 1. The lowest BCUT2D eigenvalue weighted by atomic mass is 10.1. The van der Waals surface area contributed by atoms with E-state index in [4.69, 9.17) is 10.7 Å². The van der Waals surface area contributed by atoms with Gasteiger partial charge in [-0.1, -0.05) is 55.5 Å². The molecule has 0 unspecified atom stereocenters. The van der Waals surface area contributed by atoms with Crippen LogP contribution in [0.3, 0.4) is 0 Å². The van der Waals surface area contributed by atoms with Crippen LogP contribution in [0, 0.1) is 0 Å². The number of rotatable bonds is 11. The lowest BCUT2D eigenvalue weighted by Gasteiger charge is -2.17. The number of nitrogens with one attached hydrogen (secondary N) is 2. The van der Waals surface area contributed by atoms with Gasteiger partial charge in [0, 0.05) is 28.7 Å². The smallest absolute Gasteiger partial charge is 0.255 e. The highest BCUT2D eigenvalue weighted by Gasteiger charge is 2.15. The molecule has 0 atom stereocenters. The van der Waals surface area contributed by atoms with Gasteiger partial charge in [-0.25, -0.2) is 9.97 Å². The highest BCUT2D eigenvalue weighted by atomic mass is 32.1. The summed E-state index contributed by atoms with van der Waals surface area (Å²) in [5.74, 6) is 0.349. The quantitative estimate of drug-likeness (QED) is 0.219. The zero-order valence-corrected chi connectivity index (χ0v) is 21.6. The van der Waals surface area contributed by atoms with Crippen LogP contribution in [0.15, 0.2) is 60.0 Å². The molecule has 0 aliphatic heterocycles. The topological polar surface area (TPSA) is 96.2 Å². The van der Waals surface area contributed by atoms with Gasteiger partial charge in [0.1, 0.15) is 15.7 Å². The molecule has 9 heteroatoms. The van der Waals surface area contributed by atoms with Gasteiger partial charge in [-0.15, -0.1) is 11.3 Å². The fraction of sp³-hybridized carbons (Fsp3) is 0.269. The van der Waals surface area contributed by atoms with E-state index in [9.17, 15) is 4.79 Å². The molecular formula is C26H30N6OS2. The van der Waals surface area contributed by atoms with Crippen molar-refractivity contribution in [3.63, 3.8) is 0 Å². The predicted octanol–water partition coefficient (Wildman–Crippen LogP) is 5.91. The summed E-state index contributed by atoms with van der Waals surface area (Å²) in [5, 5.41) is 10.0. The summed E-state index contributed by atoms with van der Waals surface area (Å²) in [6, 6.07) is 16.9. The maximum absolute atomic E-state index is 12.5. The number of nitrogen functional groups attached to an aromatic ring is 1. The van der Waals surface area contributed by atoms with Crippen LogP contribution in [0.5, 0.6) is 0 Å². The number of hydrogen-bond donors (Lipinski definition) is 3. The standard InChI is InChI=1S/C26H30N6OS2/c1-3-32(4-2)15-9-14-28-26-31-23(27)22(35-26)25-30-21(17-34-25)19-12-8-13-20(16-19)29-24(33)18-10-6-5-7-11-18/h5-8,10-13,16-17H,3-4,9,14-15,27H2,1-2H3,(H,28,31)(H,29,33). The first-order chi connectivity index (χ1) is 17.1. The van der Waals surface area contributed by atoms with Gasteiger partial charge in [-0.3, -0.25) is 4.79 Å². The molecule has 2 heterocycles. The number of hydrogen-bond acceptors (Lipinski definition) is 8. The second kappa shape index (κ2) is 11.9. The fourth-order valence-corrected chi connectivity index (χ4v) is 5.50. The zero-order valence-electron chi connectivity index (χ0n) is 20.0. The first-order valence-electron chi connectivity index (χ1n) is 11.7. The Hall–Kier alpha value is -3.27. The molecule has 0 fully saturated rings. The Bertz CT molecular complexity index is 1250. The summed E-state index contributed by atoms with van der Waals surface area (Å²) in [6.45, 7) is 8.43. The summed E-state index contributed by atoms with van der Waals surface area (Å²) < 4.78 is 0. The van der Waals surface area contributed by atoms with Crippen LogP contribution in [0.25, 0.3) is 21.1 Å². The number of anilines is 3. The van der Waals surface area contributed by atoms with Crippen molar-refractivity contribution < 1.29 is 4.79 Å². The van der Waals surface area contributed by atoms with Crippen LogP contribution in [-0.2, 0) is 0 Å². The summed E-state index contributed by atoms with van der Waals surface area (Å²) in [6.07, 6.45) is 1.05. The molecule has 1 amide bonds. The van der Waals surface area contributed by atoms with Gasteiger partial charge >= 0.3 is 0 Å². The van der Waals surface area contributed by atoms with Crippen molar-refractivity contribution in [3.05, 3.63) is 65.5 Å². The molecule has 0 aliphatic carbocycles. The van der Waals surface area contributed by atoms with Gasteiger partial charge in [0.05, 0.1) is 5.69 Å². The van der Waals surface area contributed by atoms with E-state index in [0.717, 1.165) is 64.6 Å². The Labute approximate surface area is 214 Å². The minimum Gasteiger partial charge on any atom is -0.382 e. The summed E-state index contributed by atoms with van der Waals surface area (Å²) in [7, 11) is 0. The zero-order chi connectivity index (χ0) is 24.6. The average Bonchev–Trinajstić information content (AvgIpc) is 3.51. The Balaban J connectivity index is 1.41. The predicted molar refractivity (Wildman–Crippen MR) is 148 cm³/mol. The number of amides is 1. The van der Waals surface area contributed by atoms with E-state index >= 15 is 0 Å². The summed E-state index contributed by atoms with van der Waals surface area (Å²) in [4.78, 5) is 25.1. The fourth-order valence-electron chi connectivity index (χ4n) is 3.66. The molecule has 7 nitrogen and oxygen atoms in total. The van der Waals surface area contributed by atoms with E-state index in [-0.39, 0.29) is 5.91 Å². The van der Waals surface area contributed by atoms with E-state index < -0.39 is 0 Å². The molecule has 4 rings (SSSR count). The van der Waals surface area contributed by atoms with Crippen molar-refractivity contribution in [2.45, 2.75) is 20.3 Å². The van der Waals surface area contributed by atoms with Crippen molar-refractivity contribution in [1.29, 1.82) is 0 Å².